The van der Waals surface area contributed by atoms with Crippen molar-refractivity contribution < 1.29 is 9.90 Å². The lowest BCUT2D eigenvalue weighted by molar-refractivity contribution is -0.132. The summed E-state index contributed by atoms with van der Waals surface area (Å²) in [7, 11) is 0. The van der Waals surface area contributed by atoms with E-state index in [1.165, 1.54) is 0 Å². The van der Waals surface area contributed by atoms with Gasteiger partial charge >= 0.3 is 5.97 Å². The van der Waals surface area contributed by atoms with Gasteiger partial charge in [0, 0.05) is 12.0 Å². The summed E-state index contributed by atoms with van der Waals surface area (Å²) in [5, 5.41) is 8.81. The molecule has 0 saturated carbocycles. The fourth-order valence-electron chi connectivity index (χ4n) is 1.94. The minimum atomic E-state index is -0.944. The average Bonchev–Trinajstić information content (AvgIpc) is 2.26. The molecule has 2 rings (SSSR count). The highest BCUT2D eigenvalue weighted by atomic mass is 16.4. The number of aliphatic carboxylic acids is 1. The van der Waals surface area contributed by atoms with Crippen molar-refractivity contribution in [1.29, 1.82) is 0 Å². The predicted molar refractivity (Wildman–Crippen MR) is 64.8 cm³/mol. The Morgan fingerprint density at radius 3 is 2.50 bits per heavy atom. The monoisotopic (exact) mass is 212 g/mol. The second-order valence-corrected chi connectivity index (χ2v) is 3.73. The molecular weight excluding hydrogens is 200 g/mol. The van der Waals surface area contributed by atoms with Gasteiger partial charge in [-0.25, -0.2) is 4.79 Å². The number of carboxylic acids is 1. The molecule has 0 aliphatic heterocycles. The normalized spacial score (nSPS) is 12.8. The molecular formula is C14H12O2. The van der Waals surface area contributed by atoms with Gasteiger partial charge in [-0.3, -0.25) is 0 Å². The second kappa shape index (κ2) is 3.81. The molecule has 1 aliphatic carbocycles. The lowest BCUT2D eigenvalue weighted by Crippen LogP contribution is -2.08. The number of carboxylic acid groups (broad SMARTS) is 1. The summed E-state index contributed by atoms with van der Waals surface area (Å²) in [6, 6.07) is 7.92. The van der Waals surface area contributed by atoms with Crippen LogP contribution in [0.25, 0.3) is 11.1 Å². The molecule has 0 amide bonds. The summed E-state index contributed by atoms with van der Waals surface area (Å²) < 4.78 is 0. The van der Waals surface area contributed by atoms with Gasteiger partial charge in [0.2, 0.25) is 0 Å². The van der Waals surface area contributed by atoms with E-state index in [1.807, 2.05) is 24.3 Å². The third-order valence-electron chi connectivity index (χ3n) is 2.76. The van der Waals surface area contributed by atoms with Crippen molar-refractivity contribution in [3.8, 4) is 0 Å². The van der Waals surface area contributed by atoms with Gasteiger partial charge in [-0.15, -0.1) is 0 Å². The number of benzene rings is 1. The lowest BCUT2D eigenvalue weighted by Gasteiger charge is -2.26. The highest BCUT2D eigenvalue weighted by Crippen LogP contribution is 2.43. The molecule has 0 radical (unpaired) electrons. The van der Waals surface area contributed by atoms with Crippen molar-refractivity contribution in [2.45, 2.75) is 6.42 Å². The molecule has 0 fully saturated rings. The summed E-state index contributed by atoms with van der Waals surface area (Å²) in [6.45, 7) is 7.30. The number of hydrogen-bond donors (Lipinski definition) is 1. The summed E-state index contributed by atoms with van der Waals surface area (Å²) in [4.78, 5) is 10.7. The van der Waals surface area contributed by atoms with Gasteiger partial charge in [-0.1, -0.05) is 43.5 Å². The van der Waals surface area contributed by atoms with Crippen molar-refractivity contribution in [2.75, 3.05) is 0 Å². The Hall–Kier alpha value is -2.09. The number of hydrogen-bond acceptors (Lipinski definition) is 1. The second-order valence-electron chi connectivity index (χ2n) is 3.73. The molecule has 2 nitrogen and oxygen atoms in total. The third kappa shape index (κ3) is 1.48. The Balaban J connectivity index is 2.32. The molecule has 2 heteroatoms. The van der Waals surface area contributed by atoms with Crippen LogP contribution in [0.2, 0.25) is 0 Å². The van der Waals surface area contributed by atoms with Crippen LogP contribution in [0.1, 0.15) is 17.5 Å². The van der Waals surface area contributed by atoms with Gasteiger partial charge < -0.3 is 5.11 Å². The molecule has 1 N–H and O–H groups in total. The summed E-state index contributed by atoms with van der Waals surface area (Å²) in [5.74, 6) is -0.944. The molecule has 0 atom stereocenters. The minimum absolute atomic E-state index is 0.212. The SMILES string of the molecule is C=CC1=C(CC(=C)C(=O)O)c2ccccc21. The first kappa shape index (κ1) is 10.4. The van der Waals surface area contributed by atoms with E-state index >= 15 is 0 Å². The first-order valence-electron chi connectivity index (χ1n) is 5.01. The van der Waals surface area contributed by atoms with E-state index < -0.39 is 5.97 Å². The maximum atomic E-state index is 10.7. The molecule has 80 valence electrons. The molecule has 16 heavy (non-hydrogen) atoms. The molecule has 0 unspecified atom stereocenters. The lowest BCUT2D eigenvalue weighted by atomic mass is 9.78. The highest BCUT2D eigenvalue weighted by Gasteiger charge is 2.24. The van der Waals surface area contributed by atoms with Crippen LogP contribution in [0, 0.1) is 0 Å². The topological polar surface area (TPSA) is 37.3 Å². The van der Waals surface area contributed by atoms with E-state index in [0.717, 1.165) is 22.3 Å². The van der Waals surface area contributed by atoms with Crippen LogP contribution in [-0.4, -0.2) is 11.1 Å². The van der Waals surface area contributed by atoms with Crippen LogP contribution in [0.4, 0.5) is 0 Å². The maximum absolute atomic E-state index is 10.7. The Kier molecular flexibility index (Phi) is 2.49. The van der Waals surface area contributed by atoms with E-state index in [0.29, 0.717) is 6.42 Å². The van der Waals surface area contributed by atoms with Crippen LogP contribution < -0.4 is 0 Å². The minimum Gasteiger partial charge on any atom is -0.478 e. The maximum Gasteiger partial charge on any atom is 0.331 e. The van der Waals surface area contributed by atoms with Gasteiger partial charge in [-0.05, 0) is 22.3 Å². The quantitative estimate of drug-likeness (QED) is 0.778. The average molecular weight is 212 g/mol. The molecule has 1 aromatic rings. The van der Waals surface area contributed by atoms with Crippen LogP contribution in [0.15, 0.2) is 49.1 Å². The largest absolute Gasteiger partial charge is 0.478 e. The number of rotatable bonds is 4. The molecule has 1 aromatic carbocycles. The number of allylic oxidation sites excluding steroid dienone is 3. The molecule has 0 heterocycles. The van der Waals surface area contributed by atoms with Crippen molar-refractivity contribution in [3.05, 3.63) is 60.2 Å². The fraction of sp³-hybridized carbons (Fsp3) is 0.0714. The van der Waals surface area contributed by atoms with Gasteiger partial charge in [0.1, 0.15) is 0 Å². The van der Waals surface area contributed by atoms with Gasteiger partial charge in [-0.2, -0.15) is 0 Å². The van der Waals surface area contributed by atoms with Gasteiger partial charge in [0.25, 0.3) is 0 Å². The van der Waals surface area contributed by atoms with E-state index in [9.17, 15) is 4.79 Å². The molecule has 0 bridgehead atoms. The number of fused-ring (bicyclic) bond motifs is 1. The smallest absolute Gasteiger partial charge is 0.331 e. The third-order valence-corrected chi connectivity index (χ3v) is 2.76. The standard InChI is InChI=1S/C14H12O2/c1-3-10-11-6-4-5-7-12(11)13(10)8-9(2)14(15)16/h3-7H,1-2,8H2,(H,15,16). The van der Waals surface area contributed by atoms with Crippen LogP contribution >= 0.6 is 0 Å². The molecule has 1 aliphatic rings. The van der Waals surface area contributed by atoms with Crippen LogP contribution in [0.5, 0.6) is 0 Å². The Morgan fingerprint density at radius 1 is 1.31 bits per heavy atom. The van der Waals surface area contributed by atoms with Crippen molar-refractivity contribution in [2.24, 2.45) is 0 Å². The molecule has 0 spiro atoms. The molecule has 0 saturated heterocycles. The summed E-state index contributed by atoms with van der Waals surface area (Å²) in [5.41, 5.74) is 4.53. The van der Waals surface area contributed by atoms with Crippen molar-refractivity contribution >= 4 is 17.1 Å². The predicted octanol–water partition coefficient (Wildman–Crippen LogP) is 3.13. The molecule has 0 aromatic heterocycles. The summed E-state index contributed by atoms with van der Waals surface area (Å²) in [6.07, 6.45) is 2.15. The Bertz CT molecular complexity index is 521. The Morgan fingerprint density at radius 2 is 1.94 bits per heavy atom. The fourth-order valence-corrected chi connectivity index (χ4v) is 1.94. The van der Waals surface area contributed by atoms with Crippen molar-refractivity contribution in [1.82, 2.24) is 0 Å². The van der Waals surface area contributed by atoms with Gasteiger partial charge in [0.05, 0.1) is 0 Å². The Labute approximate surface area is 94.2 Å². The summed E-state index contributed by atoms with van der Waals surface area (Å²) >= 11 is 0. The van der Waals surface area contributed by atoms with E-state index in [1.54, 1.807) is 6.08 Å². The van der Waals surface area contributed by atoms with Crippen LogP contribution in [-0.2, 0) is 4.79 Å². The van der Waals surface area contributed by atoms with Crippen molar-refractivity contribution in [3.63, 3.8) is 0 Å². The highest BCUT2D eigenvalue weighted by molar-refractivity contribution is 6.09. The zero-order valence-electron chi connectivity index (χ0n) is 8.86. The zero-order chi connectivity index (χ0) is 11.7. The van der Waals surface area contributed by atoms with E-state index in [-0.39, 0.29) is 5.57 Å². The number of carbonyl (C=O) groups is 1. The zero-order valence-corrected chi connectivity index (χ0v) is 8.86. The first-order valence-corrected chi connectivity index (χ1v) is 5.01. The van der Waals surface area contributed by atoms with Crippen LogP contribution in [0.3, 0.4) is 0 Å². The van der Waals surface area contributed by atoms with E-state index in [2.05, 4.69) is 13.2 Å². The van der Waals surface area contributed by atoms with Gasteiger partial charge in [0.15, 0.2) is 0 Å². The first-order chi connectivity index (χ1) is 7.65. The van der Waals surface area contributed by atoms with E-state index in [4.69, 9.17) is 5.11 Å².